The van der Waals surface area contributed by atoms with Crippen molar-refractivity contribution < 1.29 is 4.42 Å². The van der Waals surface area contributed by atoms with Crippen LogP contribution in [-0.4, -0.2) is 15.5 Å². The van der Waals surface area contributed by atoms with E-state index in [4.69, 9.17) is 4.42 Å². The quantitative estimate of drug-likeness (QED) is 0.910. The van der Waals surface area contributed by atoms with E-state index in [0.29, 0.717) is 5.95 Å². The van der Waals surface area contributed by atoms with Gasteiger partial charge in [0, 0.05) is 11.7 Å². The van der Waals surface area contributed by atoms with E-state index >= 15 is 0 Å². The lowest BCUT2D eigenvalue weighted by Crippen LogP contribution is -2.27. The lowest BCUT2D eigenvalue weighted by atomic mass is 10.1. The van der Waals surface area contributed by atoms with Crippen molar-refractivity contribution in [1.82, 2.24) is 9.97 Å². The smallest absolute Gasteiger partial charge is 0.223 e. The number of nitrogens with one attached hydrogen (secondary N) is 1. The fraction of sp³-hybridized carbons (Fsp3) is 0.385. The molecule has 2 aromatic heterocycles. The standard InChI is InChI=1S/C13H16BrN3O/c1-8-5-6-18-11(8)10-9(14)7-15-12(16-10)17-13(2,3)4/h5-7H,1-4H3,(H,15,16,17). The molecule has 2 heterocycles. The van der Waals surface area contributed by atoms with Crippen LogP contribution in [0.1, 0.15) is 26.3 Å². The zero-order chi connectivity index (χ0) is 13.3. The Morgan fingerprint density at radius 2 is 2.06 bits per heavy atom. The van der Waals surface area contributed by atoms with Gasteiger partial charge in [-0.3, -0.25) is 0 Å². The Hall–Kier alpha value is -1.36. The molecule has 0 radical (unpaired) electrons. The number of furan rings is 1. The Balaban J connectivity index is 2.42. The summed E-state index contributed by atoms with van der Waals surface area (Å²) in [5, 5.41) is 3.25. The number of halogens is 1. The van der Waals surface area contributed by atoms with E-state index in [2.05, 4.69) is 52.0 Å². The van der Waals surface area contributed by atoms with Gasteiger partial charge in [0.2, 0.25) is 5.95 Å². The number of rotatable bonds is 2. The fourth-order valence-corrected chi connectivity index (χ4v) is 1.91. The normalized spacial score (nSPS) is 11.6. The third-order valence-electron chi connectivity index (χ3n) is 2.31. The van der Waals surface area contributed by atoms with Crippen molar-refractivity contribution in [2.24, 2.45) is 0 Å². The topological polar surface area (TPSA) is 51.0 Å². The van der Waals surface area contributed by atoms with Crippen LogP contribution in [0, 0.1) is 6.92 Å². The molecule has 0 amide bonds. The second kappa shape index (κ2) is 4.72. The van der Waals surface area contributed by atoms with Gasteiger partial charge >= 0.3 is 0 Å². The van der Waals surface area contributed by atoms with Crippen molar-refractivity contribution in [2.45, 2.75) is 33.2 Å². The van der Waals surface area contributed by atoms with Gasteiger partial charge in [0.25, 0.3) is 0 Å². The maximum atomic E-state index is 5.47. The Bertz CT molecular complexity index is 558. The highest BCUT2D eigenvalue weighted by Crippen LogP contribution is 2.30. The van der Waals surface area contributed by atoms with Gasteiger partial charge in [-0.15, -0.1) is 0 Å². The molecule has 5 heteroatoms. The molecule has 18 heavy (non-hydrogen) atoms. The highest BCUT2D eigenvalue weighted by molar-refractivity contribution is 9.10. The molecule has 4 nitrogen and oxygen atoms in total. The maximum Gasteiger partial charge on any atom is 0.223 e. The molecule has 2 aromatic rings. The molecular weight excluding hydrogens is 294 g/mol. The minimum atomic E-state index is -0.0801. The number of hydrogen-bond acceptors (Lipinski definition) is 4. The number of hydrogen-bond donors (Lipinski definition) is 1. The van der Waals surface area contributed by atoms with Gasteiger partial charge in [-0.1, -0.05) is 0 Å². The second-order valence-corrected chi connectivity index (χ2v) is 6.05. The predicted molar refractivity (Wildman–Crippen MR) is 75.5 cm³/mol. The summed E-state index contributed by atoms with van der Waals surface area (Å²) in [5.74, 6) is 1.36. The Kier molecular flexibility index (Phi) is 3.43. The lowest BCUT2D eigenvalue weighted by Gasteiger charge is -2.20. The number of nitrogens with zero attached hydrogens (tertiary/aromatic N) is 2. The van der Waals surface area contributed by atoms with E-state index in [9.17, 15) is 0 Å². The predicted octanol–water partition coefficient (Wildman–Crippen LogP) is 4.02. The maximum absolute atomic E-state index is 5.47. The summed E-state index contributed by atoms with van der Waals surface area (Å²) >= 11 is 3.45. The van der Waals surface area contributed by atoms with Crippen LogP contribution in [0.5, 0.6) is 0 Å². The van der Waals surface area contributed by atoms with E-state index < -0.39 is 0 Å². The number of anilines is 1. The summed E-state index contributed by atoms with van der Waals surface area (Å²) in [7, 11) is 0. The molecule has 0 saturated heterocycles. The molecule has 0 saturated carbocycles. The SMILES string of the molecule is Cc1ccoc1-c1nc(NC(C)(C)C)ncc1Br. The minimum Gasteiger partial charge on any atom is -0.462 e. The van der Waals surface area contributed by atoms with Crippen LogP contribution < -0.4 is 5.32 Å². The van der Waals surface area contributed by atoms with Gasteiger partial charge in [0.15, 0.2) is 5.76 Å². The molecule has 2 rings (SSSR count). The van der Waals surface area contributed by atoms with Gasteiger partial charge in [-0.2, -0.15) is 0 Å². The molecule has 0 aliphatic rings. The Morgan fingerprint density at radius 3 is 2.61 bits per heavy atom. The van der Waals surface area contributed by atoms with Crippen molar-refractivity contribution >= 4 is 21.9 Å². The van der Waals surface area contributed by atoms with Crippen LogP contribution in [0.4, 0.5) is 5.95 Å². The van der Waals surface area contributed by atoms with Crippen molar-refractivity contribution in [2.75, 3.05) is 5.32 Å². The van der Waals surface area contributed by atoms with Crippen LogP contribution in [0.3, 0.4) is 0 Å². The average Bonchev–Trinajstić information content (AvgIpc) is 2.65. The van der Waals surface area contributed by atoms with E-state index in [-0.39, 0.29) is 5.54 Å². The third kappa shape index (κ3) is 2.90. The zero-order valence-corrected chi connectivity index (χ0v) is 12.5. The Morgan fingerprint density at radius 1 is 1.33 bits per heavy atom. The van der Waals surface area contributed by atoms with Crippen molar-refractivity contribution in [3.63, 3.8) is 0 Å². The van der Waals surface area contributed by atoms with Crippen LogP contribution >= 0.6 is 15.9 Å². The van der Waals surface area contributed by atoms with E-state index in [1.165, 1.54) is 0 Å². The number of aromatic nitrogens is 2. The van der Waals surface area contributed by atoms with Gasteiger partial charge in [0.1, 0.15) is 5.69 Å². The molecule has 0 atom stereocenters. The summed E-state index contributed by atoms with van der Waals surface area (Å²) in [6.45, 7) is 8.19. The van der Waals surface area contributed by atoms with Crippen molar-refractivity contribution in [3.8, 4) is 11.5 Å². The van der Waals surface area contributed by atoms with Gasteiger partial charge in [-0.25, -0.2) is 9.97 Å². The van der Waals surface area contributed by atoms with Crippen molar-refractivity contribution in [3.05, 3.63) is 28.6 Å². The lowest BCUT2D eigenvalue weighted by molar-refractivity contribution is 0.577. The molecule has 96 valence electrons. The minimum absolute atomic E-state index is 0.0801. The first-order valence-corrected chi connectivity index (χ1v) is 6.51. The van der Waals surface area contributed by atoms with Crippen LogP contribution in [0.25, 0.3) is 11.5 Å². The summed E-state index contributed by atoms with van der Waals surface area (Å²) in [5.41, 5.74) is 1.74. The van der Waals surface area contributed by atoms with Crippen LogP contribution in [0.2, 0.25) is 0 Å². The average molecular weight is 310 g/mol. The second-order valence-electron chi connectivity index (χ2n) is 5.20. The largest absolute Gasteiger partial charge is 0.462 e. The molecular formula is C13H16BrN3O. The number of aryl methyl sites for hydroxylation is 1. The molecule has 0 unspecified atom stereocenters. The molecule has 0 aliphatic carbocycles. The molecule has 0 bridgehead atoms. The molecule has 0 spiro atoms. The Labute approximate surface area is 115 Å². The highest BCUT2D eigenvalue weighted by Gasteiger charge is 2.16. The molecule has 0 aromatic carbocycles. The van der Waals surface area contributed by atoms with Gasteiger partial charge in [-0.05, 0) is 55.3 Å². The molecule has 0 aliphatic heterocycles. The first-order chi connectivity index (χ1) is 8.37. The third-order valence-corrected chi connectivity index (χ3v) is 2.89. The first-order valence-electron chi connectivity index (χ1n) is 5.72. The van der Waals surface area contributed by atoms with Crippen molar-refractivity contribution in [1.29, 1.82) is 0 Å². The zero-order valence-electron chi connectivity index (χ0n) is 10.9. The molecule has 0 fully saturated rings. The van der Waals surface area contributed by atoms with E-state index in [1.54, 1.807) is 12.5 Å². The monoisotopic (exact) mass is 309 g/mol. The van der Waals surface area contributed by atoms with Crippen LogP contribution in [-0.2, 0) is 0 Å². The van der Waals surface area contributed by atoms with Gasteiger partial charge in [0.05, 0.1) is 10.7 Å². The fourth-order valence-electron chi connectivity index (χ4n) is 1.54. The first kappa shape index (κ1) is 13.1. The summed E-state index contributed by atoms with van der Waals surface area (Å²) in [4.78, 5) is 8.75. The van der Waals surface area contributed by atoms with Gasteiger partial charge < -0.3 is 9.73 Å². The summed E-state index contributed by atoms with van der Waals surface area (Å²) < 4.78 is 6.29. The van der Waals surface area contributed by atoms with Crippen LogP contribution in [0.15, 0.2) is 27.4 Å². The summed E-state index contributed by atoms with van der Waals surface area (Å²) in [6, 6.07) is 1.92. The van der Waals surface area contributed by atoms with E-state index in [1.807, 2.05) is 13.0 Å². The highest BCUT2D eigenvalue weighted by atomic mass is 79.9. The summed E-state index contributed by atoms with van der Waals surface area (Å²) in [6.07, 6.45) is 3.40. The van der Waals surface area contributed by atoms with E-state index in [0.717, 1.165) is 21.5 Å². The molecule has 1 N–H and O–H groups in total.